The molecular weight excluding hydrogens is 252 g/mol. The normalized spacial score (nSPS) is 20.6. The molecule has 5 heteroatoms. The molecule has 0 saturated carbocycles. The largest absolute Gasteiger partial charge is 0.345 e. The molecule has 0 spiro atoms. The van der Waals surface area contributed by atoms with Crippen molar-refractivity contribution in [2.24, 2.45) is 0 Å². The zero-order chi connectivity index (χ0) is 13.1. The van der Waals surface area contributed by atoms with E-state index in [1.54, 1.807) is 17.9 Å². The fraction of sp³-hybridized carbons (Fsp3) is 0.385. The van der Waals surface area contributed by atoms with Crippen LogP contribution >= 0.6 is 11.6 Å². The first-order valence-corrected chi connectivity index (χ1v) is 6.26. The molecule has 0 aliphatic carbocycles. The summed E-state index contributed by atoms with van der Waals surface area (Å²) >= 11 is 5.91. The van der Waals surface area contributed by atoms with Gasteiger partial charge in [-0.3, -0.25) is 9.59 Å². The van der Waals surface area contributed by atoms with Crippen LogP contribution in [0.25, 0.3) is 0 Å². The van der Waals surface area contributed by atoms with Gasteiger partial charge < -0.3 is 10.2 Å². The summed E-state index contributed by atoms with van der Waals surface area (Å²) < 4.78 is 0. The van der Waals surface area contributed by atoms with Gasteiger partial charge >= 0.3 is 0 Å². The standard InChI is InChI=1S/C13H15ClN2O2/c1-9-13(18)16(6-5-12(17)15-9)8-10-3-2-4-11(14)7-10/h2-4,7,9H,5-6,8H2,1H3,(H,15,17). The van der Waals surface area contributed by atoms with Gasteiger partial charge in [0.25, 0.3) is 0 Å². The second-order valence-corrected chi connectivity index (χ2v) is 4.87. The lowest BCUT2D eigenvalue weighted by Crippen LogP contribution is -2.42. The van der Waals surface area contributed by atoms with Crippen molar-refractivity contribution in [2.75, 3.05) is 6.54 Å². The number of nitrogens with zero attached hydrogens (tertiary/aromatic N) is 1. The second kappa shape index (κ2) is 5.40. The number of nitrogens with one attached hydrogen (secondary N) is 1. The highest BCUT2D eigenvalue weighted by Gasteiger charge is 2.26. The Labute approximate surface area is 111 Å². The Morgan fingerprint density at radius 3 is 2.94 bits per heavy atom. The molecule has 1 aromatic rings. The van der Waals surface area contributed by atoms with Crippen molar-refractivity contribution < 1.29 is 9.59 Å². The Hall–Kier alpha value is -1.55. The van der Waals surface area contributed by atoms with Gasteiger partial charge in [-0.05, 0) is 24.6 Å². The maximum Gasteiger partial charge on any atom is 0.245 e. The third-order valence-electron chi connectivity index (χ3n) is 2.93. The van der Waals surface area contributed by atoms with Crippen molar-refractivity contribution in [1.82, 2.24) is 10.2 Å². The van der Waals surface area contributed by atoms with E-state index >= 15 is 0 Å². The number of carbonyl (C=O) groups is 2. The van der Waals surface area contributed by atoms with Crippen LogP contribution in [0.3, 0.4) is 0 Å². The van der Waals surface area contributed by atoms with Crippen molar-refractivity contribution in [3.8, 4) is 0 Å². The Balaban J connectivity index is 2.12. The molecule has 1 aliphatic rings. The molecular formula is C13H15ClN2O2. The molecule has 1 fully saturated rings. The van der Waals surface area contributed by atoms with Crippen LogP contribution in [-0.2, 0) is 16.1 Å². The van der Waals surface area contributed by atoms with E-state index in [1.165, 1.54) is 0 Å². The summed E-state index contributed by atoms with van der Waals surface area (Å²) in [6.45, 7) is 2.64. The Morgan fingerprint density at radius 2 is 2.22 bits per heavy atom. The third kappa shape index (κ3) is 3.01. The molecule has 1 N–H and O–H groups in total. The van der Waals surface area contributed by atoms with Crippen LogP contribution in [0.5, 0.6) is 0 Å². The molecule has 0 aromatic heterocycles. The van der Waals surface area contributed by atoms with Gasteiger partial charge in [0, 0.05) is 24.5 Å². The highest BCUT2D eigenvalue weighted by molar-refractivity contribution is 6.30. The van der Waals surface area contributed by atoms with Crippen molar-refractivity contribution >= 4 is 23.4 Å². The molecule has 1 atom stereocenters. The van der Waals surface area contributed by atoms with E-state index in [1.807, 2.05) is 18.2 Å². The van der Waals surface area contributed by atoms with Crippen LogP contribution in [0.15, 0.2) is 24.3 Å². The van der Waals surface area contributed by atoms with Gasteiger partial charge in [-0.15, -0.1) is 0 Å². The van der Waals surface area contributed by atoms with Gasteiger partial charge in [0.1, 0.15) is 6.04 Å². The average Bonchev–Trinajstić information content (AvgIpc) is 2.43. The summed E-state index contributed by atoms with van der Waals surface area (Å²) in [4.78, 5) is 25.1. The quantitative estimate of drug-likeness (QED) is 0.884. The van der Waals surface area contributed by atoms with E-state index in [-0.39, 0.29) is 11.8 Å². The van der Waals surface area contributed by atoms with Crippen LogP contribution in [0.4, 0.5) is 0 Å². The number of benzene rings is 1. The third-order valence-corrected chi connectivity index (χ3v) is 3.17. The van der Waals surface area contributed by atoms with Crippen LogP contribution < -0.4 is 5.32 Å². The van der Waals surface area contributed by atoms with Gasteiger partial charge in [0.15, 0.2) is 0 Å². The number of carbonyl (C=O) groups excluding carboxylic acids is 2. The molecule has 1 aliphatic heterocycles. The Bertz CT molecular complexity index is 476. The van der Waals surface area contributed by atoms with Gasteiger partial charge in [0.2, 0.25) is 11.8 Å². The fourth-order valence-electron chi connectivity index (χ4n) is 2.01. The number of amides is 2. The topological polar surface area (TPSA) is 49.4 Å². The number of rotatable bonds is 2. The predicted octanol–water partition coefficient (Wildman–Crippen LogP) is 1.58. The minimum Gasteiger partial charge on any atom is -0.345 e. The van der Waals surface area contributed by atoms with E-state index < -0.39 is 6.04 Å². The highest BCUT2D eigenvalue weighted by Crippen LogP contribution is 2.14. The lowest BCUT2D eigenvalue weighted by atomic mass is 10.2. The van der Waals surface area contributed by atoms with E-state index in [2.05, 4.69) is 5.32 Å². The predicted molar refractivity (Wildman–Crippen MR) is 69.1 cm³/mol. The molecule has 0 radical (unpaired) electrons. The summed E-state index contributed by atoms with van der Waals surface area (Å²) in [5.41, 5.74) is 0.970. The maximum absolute atomic E-state index is 12.1. The molecule has 1 aromatic carbocycles. The lowest BCUT2D eigenvalue weighted by Gasteiger charge is -2.22. The minimum atomic E-state index is -0.459. The van der Waals surface area contributed by atoms with E-state index in [0.717, 1.165) is 5.56 Å². The summed E-state index contributed by atoms with van der Waals surface area (Å²) in [6.07, 6.45) is 0.344. The van der Waals surface area contributed by atoms with E-state index in [0.29, 0.717) is 24.5 Å². The molecule has 2 amide bonds. The van der Waals surface area contributed by atoms with Crippen molar-refractivity contribution in [1.29, 1.82) is 0 Å². The van der Waals surface area contributed by atoms with Crippen molar-refractivity contribution in [3.05, 3.63) is 34.9 Å². The minimum absolute atomic E-state index is 0.0548. The molecule has 1 heterocycles. The highest BCUT2D eigenvalue weighted by atomic mass is 35.5. The Morgan fingerprint density at radius 1 is 1.44 bits per heavy atom. The molecule has 18 heavy (non-hydrogen) atoms. The SMILES string of the molecule is CC1NC(=O)CCN(Cc2cccc(Cl)c2)C1=O. The van der Waals surface area contributed by atoms with Gasteiger partial charge in [-0.2, -0.15) is 0 Å². The number of halogens is 1. The molecule has 1 unspecified atom stereocenters. The molecule has 0 bridgehead atoms. The van der Waals surface area contributed by atoms with Crippen LogP contribution in [0.1, 0.15) is 18.9 Å². The van der Waals surface area contributed by atoms with E-state index in [9.17, 15) is 9.59 Å². The van der Waals surface area contributed by atoms with Gasteiger partial charge in [-0.1, -0.05) is 23.7 Å². The zero-order valence-corrected chi connectivity index (χ0v) is 10.9. The first kappa shape index (κ1) is 12.9. The monoisotopic (exact) mass is 266 g/mol. The molecule has 96 valence electrons. The summed E-state index contributed by atoms with van der Waals surface area (Å²) in [5.74, 6) is -0.134. The van der Waals surface area contributed by atoms with Gasteiger partial charge in [0.05, 0.1) is 0 Å². The first-order chi connectivity index (χ1) is 8.56. The number of hydrogen-bond donors (Lipinski definition) is 1. The molecule has 2 rings (SSSR count). The second-order valence-electron chi connectivity index (χ2n) is 4.43. The number of hydrogen-bond acceptors (Lipinski definition) is 2. The Kier molecular flexibility index (Phi) is 3.87. The molecule has 4 nitrogen and oxygen atoms in total. The van der Waals surface area contributed by atoms with Crippen LogP contribution in [0, 0.1) is 0 Å². The summed E-state index contributed by atoms with van der Waals surface area (Å²) in [6, 6.07) is 6.94. The molecule has 1 saturated heterocycles. The first-order valence-electron chi connectivity index (χ1n) is 5.89. The smallest absolute Gasteiger partial charge is 0.245 e. The fourth-order valence-corrected chi connectivity index (χ4v) is 2.22. The van der Waals surface area contributed by atoms with Crippen molar-refractivity contribution in [3.63, 3.8) is 0 Å². The van der Waals surface area contributed by atoms with Crippen LogP contribution in [0.2, 0.25) is 5.02 Å². The van der Waals surface area contributed by atoms with Gasteiger partial charge in [-0.25, -0.2) is 0 Å². The zero-order valence-electron chi connectivity index (χ0n) is 10.1. The summed E-state index contributed by atoms with van der Waals surface area (Å²) in [5, 5.41) is 3.31. The van der Waals surface area contributed by atoms with E-state index in [4.69, 9.17) is 11.6 Å². The summed E-state index contributed by atoms with van der Waals surface area (Å²) in [7, 11) is 0. The average molecular weight is 267 g/mol. The maximum atomic E-state index is 12.1. The lowest BCUT2D eigenvalue weighted by molar-refractivity contribution is -0.133. The van der Waals surface area contributed by atoms with Crippen molar-refractivity contribution in [2.45, 2.75) is 25.9 Å². The van der Waals surface area contributed by atoms with Crippen LogP contribution in [-0.4, -0.2) is 29.3 Å².